The Morgan fingerprint density at radius 3 is 2.81 bits per heavy atom. The summed E-state index contributed by atoms with van der Waals surface area (Å²) in [5, 5.41) is 9.16. The Morgan fingerprint density at radius 1 is 1.28 bits per heavy atom. The van der Waals surface area contributed by atoms with Crippen molar-refractivity contribution in [2.24, 2.45) is 0 Å². The Bertz CT molecular complexity index is 677. The van der Waals surface area contributed by atoms with E-state index in [1.165, 1.54) is 11.8 Å². The third-order valence-corrected chi connectivity index (χ3v) is 9.62. The van der Waals surface area contributed by atoms with Gasteiger partial charge in [-0.05, 0) is 38.9 Å². The van der Waals surface area contributed by atoms with Gasteiger partial charge in [0.2, 0.25) is 5.91 Å². The molecule has 2 heterocycles. The molecule has 2 aliphatic rings. The van der Waals surface area contributed by atoms with Crippen LogP contribution >= 0.6 is 47.5 Å². The number of hydrogen-bond acceptors (Lipinski definition) is 8. The molecule has 3 amide bonds. The molecular weight excluding hydrogens is 487 g/mol. The van der Waals surface area contributed by atoms with Crippen LogP contribution in [0.15, 0.2) is 0 Å². The van der Waals surface area contributed by atoms with Crippen molar-refractivity contribution in [3.63, 3.8) is 0 Å². The molecule has 0 aliphatic carbocycles. The molecule has 0 aromatic carbocycles. The largest absolute Gasteiger partial charge is 0.464 e. The minimum Gasteiger partial charge on any atom is -0.464 e. The lowest BCUT2D eigenvalue weighted by Crippen LogP contribution is -2.41. The van der Waals surface area contributed by atoms with Gasteiger partial charge in [0.25, 0.3) is 0 Å². The van der Waals surface area contributed by atoms with E-state index in [0.717, 1.165) is 47.1 Å². The summed E-state index contributed by atoms with van der Waals surface area (Å²) in [7, 11) is 0. The molecule has 7 nitrogen and oxygen atoms in total. The lowest BCUT2D eigenvalue weighted by Gasteiger charge is -2.23. The Labute approximate surface area is 209 Å². The molecule has 0 spiro atoms. The van der Waals surface area contributed by atoms with Crippen molar-refractivity contribution in [1.29, 1.82) is 0 Å². The van der Waals surface area contributed by atoms with Crippen LogP contribution in [0.1, 0.15) is 59.3 Å². The number of carbonyl (C=O) groups is 3. The molecule has 3 N–H and O–H groups in total. The van der Waals surface area contributed by atoms with Crippen LogP contribution in [0, 0.1) is 0 Å². The number of unbranched alkanes of at least 4 members (excludes halogenated alkanes) is 2. The van der Waals surface area contributed by atoms with Crippen molar-refractivity contribution in [1.82, 2.24) is 16.0 Å². The van der Waals surface area contributed by atoms with Gasteiger partial charge in [0.05, 0.1) is 23.4 Å². The highest BCUT2D eigenvalue weighted by Crippen LogP contribution is 2.33. The number of amides is 3. The quantitative estimate of drug-likeness (QED) is 0.146. The number of urea groups is 1. The van der Waals surface area contributed by atoms with E-state index in [-0.39, 0.29) is 36.6 Å². The lowest BCUT2D eigenvalue weighted by molar-refractivity contribution is -0.144. The van der Waals surface area contributed by atoms with Gasteiger partial charge in [-0.2, -0.15) is 11.8 Å². The summed E-state index contributed by atoms with van der Waals surface area (Å²) < 4.78 is 5.36. The number of carbonyl (C=O) groups excluding carboxylic acids is 3. The minimum atomic E-state index is -0.661. The van der Waals surface area contributed by atoms with Crippen molar-refractivity contribution in [3.05, 3.63) is 0 Å². The maximum Gasteiger partial charge on any atom is 0.315 e. The Hall–Kier alpha value is -0.650. The van der Waals surface area contributed by atoms with Gasteiger partial charge < -0.3 is 20.7 Å². The summed E-state index contributed by atoms with van der Waals surface area (Å²) in [5.41, 5.74) is 0. The third-order valence-electron chi connectivity index (χ3n) is 5.31. The normalized spacial score (nSPS) is 22.1. The van der Waals surface area contributed by atoms with Crippen LogP contribution in [0.3, 0.4) is 0 Å². The van der Waals surface area contributed by atoms with Crippen LogP contribution in [0.2, 0.25) is 0 Å². The van der Waals surface area contributed by atoms with E-state index in [0.29, 0.717) is 18.2 Å². The summed E-state index contributed by atoms with van der Waals surface area (Å²) in [6.07, 6.45) is 5.26. The van der Waals surface area contributed by atoms with E-state index in [1.54, 1.807) is 11.8 Å². The molecule has 2 rings (SSSR count). The molecule has 11 heteroatoms. The van der Waals surface area contributed by atoms with Gasteiger partial charge in [0.1, 0.15) is 10.1 Å². The second-order valence-electron chi connectivity index (χ2n) is 8.41. The molecule has 182 valence electrons. The highest BCUT2D eigenvalue weighted by Gasteiger charge is 2.42. The van der Waals surface area contributed by atoms with Crippen LogP contribution in [0.5, 0.6) is 0 Å². The number of fused-ring (bicyclic) bond motifs is 1. The number of ether oxygens (including phenoxy) is 1. The first-order valence-electron chi connectivity index (χ1n) is 11.2. The zero-order valence-electron chi connectivity index (χ0n) is 19.1. The van der Waals surface area contributed by atoms with Crippen molar-refractivity contribution in [3.8, 4) is 0 Å². The zero-order chi connectivity index (χ0) is 23.6. The molecule has 0 unspecified atom stereocenters. The second kappa shape index (κ2) is 13.9. The van der Waals surface area contributed by atoms with Gasteiger partial charge in [-0.1, -0.05) is 43.7 Å². The monoisotopic (exact) mass is 521 g/mol. The van der Waals surface area contributed by atoms with Crippen molar-refractivity contribution < 1.29 is 19.1 Å². The predicted octanol–water partition coefficient (Wildman–Crippen LogP) is 3.70. The SMILES string of the molecule is CCCCSC(=S)SC(C)(C)C(=O)NCCOC(=O)CCCC[C@@H]1SC[C@@H]2NC(=O)N[C@@H]21. The molecule has 0 bridgehead atoms. The topological polar surface area (TPSA) is 96.5 Å². The summed E-state index contributed by atoms with van der Waals surface area (Å²) in [4.78, 5) is 35.8. The highest BCUT2D eigenvalue weighted by atomic mass is 32.2. The smallest absolute Gasteiger partial charge is 0.315 e. The van der Waals surface area contributed by atoms with Crippen LogP contribution < -0.4 is 16.0 Å². The van der Waals surface area contributed by atoms with Crippen molar-refractivity contribution >= 4 is 68.9 Å². The number of nitrogens with one attached hydrogen (secondary N) is 3. The van der Waals surface area contributed by atoms with Crippen LogP contribution in [0.4, 0.5) is 4.79 Å². The number of thioether (sulfide) groups is 3. The summed E-state index contributed by atoms with van der Waals surface area (Å²) in [6.45, 7) is 6.30. The van der Waals surface area contributed by atoms with Gasteiger partial charge in [-0.25, -0.2) is 4.79 Å². The summed E-state index contributed by atoms with van der Waals surface area (Å²) >= 11 is 10.3. The highest BCUT2D eigenvalue weighted by molar-refractivity contribution is 8.47. The van der Waals surface area contributed by atoms with Crippen LogP contribution in [0.25, 0.3) is 0 Å². The third kappa shape index (κ3) is 9.30. The van der Waals surface area contributed by atoms with E-state index < -0.39 is 4.75 Å². The summed E-state index contributed by atoms with van der Waals surface area (Å²) in [5.74, 6) is 1.57. The zero-order valence-corrected chi connectivity index (χ0v) is 22.3. The fraction of sp³-hybridized carbons (Fsp3) is 0.810. The molecule has 2 fully saturated rings. The van der Waals surface area contributed by atoms with Crippen molar-refractivity contribution in [2.75, 3.05) is 24.7 Å². The van der Waals surface area contributed by atoms with E-state index in [4.69, 9.17) is 17.0 Å². The first-order chi connectivity index (χ1) is 15.2. The molecule has 32 heavy (non-hydrogen) atoms. The molecule has 0 aromatic rings. The predicted molar refractivity (Wildman–Crippen MR) is 140 cm³/mol. The van der Waals surface area contributed by atoms with Gasteiger partial charge in [0.15, 0.2) is 0 Å². The van der Waals surface area contributed by atoms with Gasteiger partial charge in [0, 0.05) is 17.4 Å². The maximum atomic E-state index is 12.4. The Balaban J connectivity index is 1.51. The second-order valence-corrected chi connectivity index (χ2v) is 13.6. The molecule has 0 aromatic heterocycles. The lowest BCUT2D eigenvalue weighted by atomic mass is 10.0. The van der Waals surface area contributed by atoms with Gasteiger partial charge in [-0.3, -0.25) is 9.59 Å². The number of rotatable bonds is 13. The van der Waals surface area contributed by atoms with Gasteiger partial charge >= 0.3 is 12.0 Å². The standard InChI is InChI=1S/C21H35N3O4S4/c1-4-5-12-30-20(29)32-21(2,3)18(26)22-10-11-28-16(25)9-7-6-8-15-17-14(13-31-15)23-19(27)24-17/h14-15,17H,4-13H2,1-3H3,(H,22,26)(H2,23,24,27)/t14-,15-,17-/m0/s1. The fourth-order valence-corrected chi connectivity index (χ4v) is 8.17. The van der Waals surface area contributed by atoms with Gasteiger partial charge in [-0.15, -0.1) is 11.8 Å². The number of esters is 1. The maximum absolute atomic E-state index is 12.4. The molecule has 0 saturated carbocycles. The van der Waals surface area contributed by atoms with Crippen LogP contribution in [-0.4, -0.2) is 68.2 Å². The molecule has 3 atom stereocenters. The first-order valence-corrected chi connectivity index (χ1v) is 14.5. The van der Waals surface area contributed by atoms with E-state index in [2.05, 4.69) is 22.9 Å². The first kappa shape index (κ1) is 27.6. The fourth-order valence-electron chi connectivity index (χ4n) is 3.46. The van der Waals surface area contributed by atoms with E-state index in [9.17, 15) is 14.4 Å². The number of thiocarbonyl (C=S) groups is 1. The van der Waals surface area contributed by atoms with Crippen molar-refractivity contribution in [2.45, 2.75) is 81.4 Å². The van der Waals surface area contributed by atoms with Crippen LogP contribution in [-0.2, 0) is 14.3 Å². The molecule has 0 radical (unpaired) electrons. The average molecular weight is 522 g/mol. The molecule has 2 aliphatic heterocycles. The Kier molecular flexibility index (Phi) is 12.0. The Morgan fingerprint density at radius 2 is 2.06 bits per heavy atom. The number of hydrogen-bond donors (Lipinski definition) is 3. The molecule has 2 saturated heterocycles. The molecular formula is C21H35N3O4S4. The minimum absolute atomic E-state index is 0.0727. The summed E-state index contributed by atoms with van der Waals surface area (Å²) in [6, 6.07) is 0.364. The van der Waals surface area contributed by atoms with E-state index in [1.807, 2.05) is 25.6 Å². The average Bonchev–Trinajstić information content (AvgIpc) is 3.27. The van der Waals surface area contributed by atoms with E-state index >= 15 is 0 Å².